The quantitative estimate of drug-likeness (QED) is 0.849. The summed E-state index contributed by atoms with van der Waals surface area (Å²) in [5.41, 5.74) is -1.32. The van der Waals surface area contributed by atoms with E-state index in [0.717, 1.165) is 4.57 Å². The van der Waals surface area contributed by atoms with Gasteiger partial charge in [-0.05, 0) is 33.6 Å². The minimum absolute atomic E-state index is 0.244. The smallest absolute Gasteiger partial charge is 0.330 e. The van der Waals surface area contributed by atoms with Crippen LogP contribution >= 0.6 is 0 Å². The molecule has 1 N–H and O–H groups in total. The largest absolute Gasteiger partial charge is 0.458 e. The number of rotatable bonds is 3. The number of nitrogens with one attached hydrogen (secondary N) is 1. The number of aromatic nitrogens is 2. The Bertz CT molecular complexity index is 574. The molecule has 1 heterocycles. The van der Waals surface area contributed by atoms with Crippen LogP contribution in [0.5, 0.6) is 0 Å². The van der Waals surface area contributed by atoms with Crippen LogP contribution in [-0.2, 0) is 9.53 Å². The zero-order valence-electron chi connectivity index (χ0n) is 12.8. The molecule has 1 atom stereocenters. The van der Waals surface area contributed by atoms with Crippen molar-refractivity contribution in [3.8, 4) is 0 Å². The SMILES string of the molecule is Cc1cc(=O)n([C@H](C(=O)OC(C)(C)C)C(C)C)c(=O)[nH]1. The molecule has 0 aliphatic heterocycles. The fraction of sp³-hybridized carbons (Fsp3) is 0.643. The van der Waals surface area contributed by atoms with Gasteiger partial charge in [-0.15, -0.1) is 0 Å². The van der Waals surface area contributed by atoms with E-state index in [9.17, 15) is 14.4 Å². The molecule has 1 aromatic heterocycles. The fourth-order valence-corrected chi connectivity index (χ4v) is 1.92. The Morgan fingerprint density at radius 2 is 1.85 bits per heavy atom. The highest BCUT2D eigenvalue weighted by atomic mass is 16.6. The van der Waals surface area contributed by atoms with Gasteiger partial charge in [0.2, 0.25) is 0 Å². The molecule has 0 saturated carbocycles. The number of hydrogen-bond donors (Lipinski definition) is 1. The molecule has 0 saturated heterocycles. The Labute approximate surface area is 117 Å². The number of carbonyl (C=O) groups is 1. The fourth-order valence-electron chi connectivity index (χ4n) is 1.92. The number of aryl methyl sites for hydroxylation is 1. The summed E-state index contributed by atoms with van der Waals surface area (Å²) in [6.07, 6.45) is 0. The standard InChI is InChI=1S/C14H22N2O4/c1-8(2)11(12(18)20-14(4,5)6)16-10(17)7-9(3)15-13(16)19/h7-8,11H,1-6H3,(H,15,19)/t11-/m0/s1. The van der Waals surface area contributed by atoms with Crippen molar-refractivity contribution in [2.45, 2.75) is 53.2 Å². The molecular formula is C14H22N2O4. The summed E-state index contributed by atoms with van der Waals surface area (Å²) in [6.45, 7) is 10.4. The number of hydrogen-bond acceptors (Lipinski definition) is 4. The molecule has 0 fully saturated rings. The average Bonchev–Trinajstić information content (AvgIpc) is 2.19. The van der Waals surface area contributed by atoms with E-state index in [0.29, 0.717) is 5.69 Å². The second-order valence-electron chi connectivity index (χ2n) is 6.19. The minimum Gasteiger partial charge on any atom is -0.458 e. The molecular weight excluding hydrogens is 260 g/mol. The van der Waals surface area contributed by atoms with E-state index >= 15 is 0 Å². The van der Waals surface area contributed by atoms with Crippen LogP contribution < -0.4 is 11.2 Å². The molecule has 0 amide bonds. The molecule has 0 aliphatic carbocycles. The second-order valence-corrected chi connectivity index (χ2v) is 6.19. The van der Waals surface area contributed by atoms with Gasteiger partial charge in [0, 0.05) is 11.8 Å². The number of H-pyrrole nitrogens is 1. The lowest BCUT2D eigenvalue weighted by Gasteiger charge is -2.26. The molecule has 0 bridgehead atoms. The van der Waals surface area contributed by atoms with Crippen LogP contribution in [0.4, 0.5) is 0 Å². The maximum atomic E-state index is 12.3. The Kier molecular flexibility index (Phi) is 4.57. The van der Waals surface area contributed by atoms with Crippen LogP contribution in [0, 0.1) is 12.8 Å². The van der Waals surface area contributed by atoms with Gasteiger partial charge in [-0.2, -0.15) is 0 Å². The summed E-state index contributed by atoms with van der Waals surface area (Å²) < 4.78 is 6.23. The van der Waals surface area contributed by atoms with Crippen molar-refractivity contribution in [1.29, 1.82) is 0 Å². The monoisotopic (exact) mass is 282 g/mol. The molecule has 0 unspecified atom stereocenters. The van der Waals surface area contributed by atoms with E-state index in [4.69, 9.17) is 4.74 Å². The highest BCUT2D eigenvalue weighted by Crippen LogP contribution is 2.20. The van der Waals surface area contributed by atoms with Gasteiger partial charge >= 0.3 is 11.7 Å². The predicted molar refractivity (Wildman–Crippen MR) is 75.8 cm³/mol. The lowest BCUT2D eigenvalue weighted by Crippen LogP contribution is -2.44. The predicted octanol–water partition coefficient (Wildman–Crippen LogP) is 1.38. The van der Waals surface area contributed by atoms with Crippen molar-refractivity contribution >= 4 is 5.97 Å². The topological polar surface area (TPSA) is 81.2 Å². The Morgan fingerprint density at radius 3 is 2.25 bits per heavy atom. The summed E-state index contributed by atoms with van der Waals surface area (Å²) in [4.78, 5) is 38.8. The van der Waals surface area contributed by atoms with E-state index in [1.807, 2.05) is 0 Å². The van der Waals surface area contributed by atoms with Crippen molar-refractivity contribution in [2.24, 2.45) is 5.92 Å². The van der Waals surface area contributed by atoms with Crippen LogP contribution in [0.3, 0.4) is 0 Å². The maximum Gasteiger partial charge on any atom is 0.330 e. The van der Waals surface area contributed by atoms with Crippen LogP contribution in [0.15, 0.2) is 15.7 Å². The van der Waals surface area contributed by atoms with E-state index < -0.39 is 28.9 Å². The van der Waals surface area contributed by atoms with Gasteiger partial charge in [-0.1, -0.05) is 13.8 Å². The minimum atomic E-state index is -0.939. The van der Waals surface area contributed by atoms with Gasteiger partial charge in [0.25, 0.3) is 5.56 Å². The molecule has 0 aliphatic rings. The second kappa shape index (κ2) is 5.64. The third-order valence-corrected chi connectivity index (χ3v) is 2.66. The number of aromatic amines is 1. The van der Waals surface area contributed by atoms with Gasteiger partial charge in [-0.25, -0.2) is 14.2 Å². The van der Waals surface area contributed by atoms with Crippen LogP contribution in [0.1, 0.15) is 46.4 Å². The van der Waals surface area contributed by atoms with E-state index in [1.165, 1.54) is 6.07 Å². The molecule has 112 valence electrons. The summed E-state index contributed by atoms with van der Waals surface area (Å²) in [5.74, 6) is -0.824. The van der Waals surface area contributed by atoms with Gasteiger partial charge in [0.05, 0.1) is 0 Å². The van der Waals surface area contributed by atoms with Crippen LogP contribution in [0.25, 0.3) is 0 Å². The van der Waals surface area contributed by atoms with Crippen molar-refractivity contribution < 1.29 is 9.53 Å². The number of carbonyl (C=O) groups excluding carboxylic acids is 1. The highest BCUT2D eigenvalue weighted by Gasteiger charge is 2.31. The van der Waals surface area contributed by atoms with Crippen LogP contribution in [-0.4, -0.2) is 21.1 Å². The third-order valence-electron chi connectivity index (χ3n) is 2.66. The summed E-state index contributed by atoms with van der Waals surface area (Å²) in [6, 6.07) is 0.354. The first kappa shape index (κ1) is 16.2. The molecule has 1 aromatic rings. The summed E-state index contributed by atoms with van der Waals surface area (Å²) in [7, 11) is 0. The average molecular weight is 282 g/mol. The Balaban J connectivity index is 3.33. The zero-order valence-corrected chi connectivity index (χ0v) is 12.8. The van der Waals surface area contributed by atoms with Crippen molar-refractivity contribution in [1.82, 2.24) is 9.55 Å². The number of esters is 1. The first-order valence-electron chi connectivity index (χ1n) is 6.58. The molecule has 6 heteroatoms. The van der Waals surface area contributed by atoms with Gasteiger partial charge < -0.3 is 9.72 Å². The summed E-state index contributed by atoms with van der Waals surface area (Å²) >= 11 is 0. The molecule has 0 aromatic carbocycles. The number of nitrogens with zero attached hydrogens (tertiary/aromatic N) is 1. The van der Waals surface area contributed by atoms with Crippen molar-refractivity contribution in [2.75, 3.05) is 0 Å². The Hall–Kier alpha value is -1.85. The molecule has 0 spiro atoms. The third kappa shape index (κ3) is 3.82. The van der Waals surface area contributed by atoms with Gasteiger partial charge in [0.15, 0.2) is 0 Å². The van der Waals surface area contributed by atoms with Gasteiger partial charge in [0.1, 0.15) is 11.6 Å². The van der Waals surface area contributed by atoms with Crippen LogP contribution in [0.2, 0.25) is 0 Å². The lowest BCUT2D eigenvalue weighted by molar-refractivity contribution is -0.160. The first-order valence-corrected chi connectivity index (χ1v) is 6.58. The first-order chi connectivity index (χ1) is 9.03. The lowest BCUT2D eigenvalue weighted by atomic mass is 10.0. The Morgan fingerprint density at radius 1 is 1.30 bits per heavy atom. The highest BCUT2D eigenvalue weighted by molar-refractivity contribution is 5.75. The zero-order chi connectivity index (χ0) is 15.7. The maximum absolute atomic E-state index is 12.3. The molecule has 0 radical (unpaired) electrons. The molecule has 20 heavy (non-hydrogen) atoms. The van der Waals surface area contributed by atoms with E-state index in [1.54, 1.807) is 41.5 Å². The van der Waals surface area contributed by atoms with E-state index in [2.05, 4.69) is 4.98 Å². The van der Waals surface area contributed by atoms with Gasteiger partial charge in [-0.3, -0.25) is 4.79 Å². The summed E-state index contributed by atoms with van der Waals surface area (Å²) in [5, 5.41) is 0. The molecule has 6 nitrogen and oxygen atoms in total. The van der Waals surface area contributed by atoms with Crippen molar-refractivity contribution in [3.63, 3.8) is 0 Å². The van der Waals surface area contributed by atoms with Crippen molar-refractivity contribution in [3.05, 3.63) is 32.6 Å². The normalized spacial score (nSPS) is 13.3. The molecule has 1 rings (SSSR count). The van der Waals surface area contributed by atoms with E-state index in [-0.39, 0.29) is 5.92 Å². The number of ether oxygens (including phenoxy) is 1.